The van der Waals surface area contributed by atoms with Crippen LogP contribution in [0.1, 0.15) is 22.5 Å². The molecule has 3 aromatic rings. The SMILES string of the molecule is O=C(c1cnc(-c2ccccn2)s1)N1CCC[C@@H]1Cn1cccn1. The summed E-state index contributed by atoms with van der Waals surface area (Å²) in [6.45, 7) is 1.53. The number of aromatic nitrogens is 4. The van der Waals surface area contributed by atoms with E-state index in [1.807, 2.05) is 40.0 Å². The van der Waals surface area contributed by atoms with Crippen LogP contribution in [0.25, 0.3) is 10.7 Å². The first-order chi connectivity index (χ1) is 11.8. The molecule has 1 fully saturated rings. The number of hydrogen-bond donors (Lipinski definition) is 0. The van der Waals surface area contributed by atoms with Gasteiger partial charge in [0.15, 0.2) is 0 Å². The highest BCUT2D eigenvalue weighted by Crippen LogP contribution is 2.27. The smallest absolute Gasteiger partial charge is 0.265 e. The molecule has 1 atom stereocenters. The first-order valence-corrected chi connectivity index (χ1v) is 8.78. The lowest BCUT2D eigenvalue weighted by Gasteiger charge is -2.24. The molecular formula is C17H17N5OS. The summed E-state index contributed by atoms with van der Waals surface area (Å²) in [7, 11) is 0. The Hall–Kier alpha value is -2.54. The van der Waals surface area contributed by atoms with Gasteiger partial charge in [-0.3, -0.25) is 14.5 Å². The Morgan fingerprint density at radius 2 is 2.21 bits per heavy atom. The molecular weight excluding hydrogens is 322 g/mol. The fourth-order valence-corrected chi connectivity index (χ4v) is 3.89. The van der Waals surface area contributed by atoms with E-state index in [2.05, 4.69) is 15.1 Å². The maximum atomic E-state index is 12.9. The highest BCUT2D eigenvalue weighted by molar-refractivity contribution is 7.16. The minimum absolute atomic E-state index is 0.0596. The molecule has 0 unspecified atom stereocenters. The van der Waals surface area contributed by atoms with Crippen LogP contribution >= 0.6 is 11.3 Å². The summed E-state index contributed by atoms with van der Waals surface area (Å²) in [4.78, 5) is 24.2. The van der Waals surface area contributed by atoms with Gasteiger partial charge in [-0.05, 0) is 31.0 Å². The topological polar surface area (TPSA) is 63.9 Å². The molecule has 6 nitrogen and oxygen atoms in total. The van der Waals surface area contributed by atoms with Crippen LogP contribution in [0.2, 0.25) is 0 Å². The predicted molar refractivity (Wildman–Crippen MR) is 91.6 cm³/mol. The molecule has 1 saturated heterocycles. The van der Waals surface area contributed by atoms with Crippen molar-refractivity contribution in [2.24, 2.45) is 0 Å². The summed E-state index contributed by atoms with van der Waals surface area (Å²) >= 11 is 1.40. The molecule has 24 heavy (non-hydrogen) atoms. The lowest BCUT2D eigenvalue weighted by atomic mass is 10.2. The second kappa shape index (κ2) is 6.52. The molecule has 0 aliphatic carbocycles. The van der Waals surface area contributed by atoms with Crippen LogP contribution in [0.15, 0.2) is 49.1 Å². The third-order valence-corrected chi connectivity index (χ3v) is 5.20. The molecule has 1 aliphatic heterocycles. The number of hydrogen-bond acceptors (Lipinski definition) is 5. The lowest BCUT2D eigenvalue weighted by Crippen LogP contribution is -2.37. The van der Waals surface area contributed by atoms with Crippen molar-refractivity contribution in [3.05, 3.63) is 53.9 Å². The zero-order chi connectivity index (χ0) is 16.4. The summed E-state index contributed by atoms with van der Waals surface area (Å²) in [5, 5.41) is 5.03. The number of carbonyl (C=O) groups excluding carboxylic acids is 1. The van der Waals surface area contributed by atoms with Crippen LogP contribution in [-0.4, -0.2) is 43.1 Å². The van der Waals surface area contributed by atoms with Crippen molar-refractivity contribution >= 4 is 17.2 Å². The van der Waals surface area contributed by atoms with E-state index in [-0.39, 0.29) is 11.9 Å². The Kier molecular flexibility index (Phi) is 4.08. The minimum atomic E-state index is 0.0596. The van der Waals surface area contributed by atoms with Crippen molar-refractivity contribution in [3.63, 3.8) is 0 Å². The molecule has 0 spiro atoms. The first-order valence-electron chi connectivity index (χ1n) is 7.97. The van der Waals surface area contributed by atoms with Gasteiger partial charge in [0.2, 0.25) is 0 Å². The van der Waals surface area contributed by atoms with Crippen LogP contribution in [0, 0.1) is 0 Å². The van der Waals surface area contributed by atoms with Gasteiger partial charge in [0.1, 0.15) is 9.88 Å². The van der Waals surface area contributed by atoms with Gasteiger partial charge in [0.25, 0.3) is 5.91 Å². The Morgan fingerprint density at radius 1 is 1.25 bits per heavy atom. The van der Waals surface area contributed by atoms with Gasteiger partial charge >= 0.3 is 0 Å². The van der Waals surface area contributed by atoms with Gasteiger partial charge in [-0.25, -0.2) is 4.98 Å². The summed E-state index contributed by atoms with van der Waals surface area (Å²) in [6, 6.07) is 7.80. The van der Waals surface area contributed by atoms with E-state index in [4.69, 9.17) is 0 Å². The molecule has 0 N–H and O–H groups in total. The number of likely N-dealkylation sites (tertiary alicyclic amines) is 1. The van der Waals surface area contributed by atoms with E-state index in [0.717, 1.165) is 36.6 Å². The average molecular weight is 339 g/mol. The number of thiazole rings is 1. The number of amides is 1. The predicted octanol–water partition coefficient (Wildman–Crippen LogP) is 2.71. The first kappa shape index (κ1) is 15.0. The third kappa shape index (κ3) is 2.94. The maximum absolute atomic E-state index is 12.9. The van der Waals surface area contributed by atoms with Crippen molar-refractivity contribution in [1.29, 1.82) is 0 Å². The van der Waals surface area contributed by atoms with Crippen molar-refractivity contribution in [2.45, 2.75) is 25.4 Å². The van der Waals surface area contributed by atoms with Crippen LogP contribution in [0.5, 0.6) is 0 Å². The number of rotatable bonds is 4. The molecule has 0 radical (unpaired) electrons. The number of nitrogens with zero attached hydrogens (tertiary/aromatic N) is 5. The van der Waals surface area contributed by atoms with Crippen LogP contribution in [0.4, 0.5) is 0 Å². The highest BCUT2D eigenvalue weighted by atomic mass is 32.1. The van der Waals surface area contributed by atoms with E-state index in [0.29, 0.717) is 4.88 Å². The zero-order valence-electron chi connectivity index (χ0n) is 13.1. The summed E-state index contributed by atoms with van der Waals surface area (Å²) in [5.41, 5.74) is 0.802. The van der Waals surface area contributed by atoms with E-state index < -0.39 is 0 Å². The monoisotopic (exact) mass is 339 g/mol. The molecule has 7 heteroatoms. The Balaban J connectivity index is 1.52. The number of pyridine rings is 1. The second-order valence-electron chi connectivity index (χ2n) is 5.77. The third-order valence-electron chi connectivity index (χ3n) is 4.20. The molecule has 0 saturated carbocycles. The van der Waals surface area contributed by atoms with E-state index >= 15 is 0 Å². The van der Waals surface area contributed by atoms with Crippen LogP contribution < -0.4 is 0 Å². The van der Waals surface area contributed by atoms with Gasteiger partial charge < -0.3 is 4.90 Å². The number of carbonyl (C=O) groups is 1. The molecule has 0 bridgehead atoms. The Morgan fingerprint density at radius 3 is 3.00 bits per heavy atom. The molecule has 122 valence electrons. The van der Waals surface area contributed by atoms with Gasteiger partial charge in [0, 0.05) is 25.1 Å². The van der Waals surface area contributed by atoms with Gasteiger partial charge in [-0.2, -0.15) is 5.10 Å². The van der Waals surface area contributed by atoms with E-state index in [9.17, 15) is 4.79 Å². The average Bonchev–Trinajstić information content (AvgIpc) is 3.37. The molecule has 4 heterocycles. The second-order valence-corrected chi connectivity index (χ2v) is 6.80. The highest BCUT2D eigenvalue weighted by Gasteiger charge is 2.30. The molecule has 0 aromatic carbocycles. The largest absolute Gasteiger partial charge is 0.333 e. The molecule has 1 aliphatic rings. The normalized spacial score (nSPS) is 17.3. The van der Waals surface area contributed by atoms with Crippen molar-refractivity contribution in [3.8, 4) is 10.7 Å². The van der Waals surface area contributed by atoms with Crippen molar-refractivity contribution in [2.75, 3.05) is 6.54 Å². The Labute approximate surface area is 143 Å². The Bertz CT molecular complexity index is 815. The van der Waals surface area contributed by atoms with Crippen molar-refractivity contribution in [1.82, 2.24) is 24.6 Å². The van der Waals surface area contributed by atoms with E-state index in [1.165, 1.54) is 11.3 Å². The molecule has 4 rings (SSSR count). The quantitative estimate of drug-likeness (QED) is 0.733. The van der Waals surface area contributed by atoms with Gasteiger partial charge in [-0.15, -0.1) is 11.3 Å². The lowest BCUT2D eigenvalue weighted by molar-refractivity contribution is 0.0726. The summed E-state index contributed by atoms with van der Waals surface area (Å²) in [6.07, 6.45) is 9.15. The fourth-order valence-electron chi connectivity index (χ4n) is 3.04. The molecule has 3 aromatic heterocycles. The van der Waals surface area contributed by atoms with Gasteiger partial charge in [-0.1, -0.05) is 6.07 Å². The van der Waals surface area contributed by atoms with Gasteiger partial charge in [0.05, 0.1) is 24.5 Å². The fraction of sp³-hybridized carbons (Fsp3) is 0.294. The summed E-state index contributed by atoms with van der Waals surface area (Å²) < 4.78 is 1.89. The van der Waals surface area contributed by atoms with Crippen LogP contribution in [-0.2, 0) is 6.54 Å². The summed E-state index contributed by atoms with van der Waals surface area (Å²) in [5.74, 6) is 0.0596. The van der Waals surface area contributed by atoms with E-state index in [1.54, 1.807) is 18.6 Å². The standard InChI is InChI=1S/C17H17N5OS/c23-17(15-11-19-16(24-15)14-6-1-2-7-18-14)22-10-3-5-13(22)12-21-9-4-8-20-21/h1-2,4,6-9,11,13H,3,5,10,12H2/t13-/m1/s1. The zero-order valence-corrected chi connectivity index (χ0v) is 13.9. The maximum Gasteiger partial charge on any atom is 0.265 e. The molecule has 1 amide bonds. The minimum Gasteiger partial charge on any atom is -0.333 e. The van der Waals surface area contributed by atoms with Crippen LogP contribution in [0.3, 0.4) is 0 Å². The van der Waals surface area contributed by atoms with Crippen molar-refractivity contribution < 1.29 is 4.79 Å².